The van der Waals surface area contributed by atoms with Crippen molar-refractivity contribution < 1.29 is 14.7 Å². The maximum absolute atomic E-state index is 12.1. The molecular formula is C13H16BrNO3. The fraction of sp³-hybridized carbons (Fsp3) is 0.385. The second-order valence-electron chi connectivity index (χ2n) is 4.16. The van der Waals surface area contributed by atoms with Crippen molar-refractivity contribution in [2.75, 3.05) is 13.6 Å². The molecule has 5 heteroatoms. The standard InChI is InChI=1S/C13H16BrNO3/c1-9-5-3-6-10(12(9)14)13(18)15(2)8-4-7-11(16)17/h3,5-6H,4,7-8H2,1-2H3,(H,16,17). The molecule has 1 rings (SSSR count). The zero-order chi connectivity index (χ0) is 13.7. The Bertz CT molecular complexity index is 460. The quantitative estimate of drug-likeness (QED) is 0.909. The lowest BCUT2D eigenvalue weighted by molar-refractivity contribution is -0.137. The molecule has 0 radical (unpaired) electrons. The number of carboxylic acids is 1. The summed E-state index contributed by atoms with van der Waals surface area (Å²) in [5.74, 6) is -0.941. The van der Waals surface area contributed by atoms with Crippen molar-refractivity contribution in [3.8, 4) is 0 Å². The highest BCUT2D eigenvalue weighted by Gasteiger charge is 2.15. The first-order chi connectivity index (χ1) is 8.43. The van der Waals surface area contributed by atoms with E-state index in [1.54, 1.807) is 18.0 Å². The van der Waals surface area contributed by atoms with E-state index in [0.717, 1.165) is 10.0 Å². The van der Waals surface area contributed by atoms with E-state index >= 15 is 0 Å². The predicted molar refractivity (Wildman–Crippen MR) is 72.7 cm³/mol. The van der Waals surface area contributed by atoms with Crippen molar-refractivity contribution in [3.05, 3.63) is 33.8 Å². The summed E-state index contributed by atoms with van der Waals surface area (Å²) in [7, 11) is 1.68. The van der Waals surface area contributed by atoms with E-state index in [9.17, 15) is 9.59 Å². The normalized spacial score (nSPS) is 10.2. The molecule has 0 aliphatic carbocycles. The van der Waals surface area contributed by atoms with Crippen molar-refractivity contribution in [3.63, 3.8) is 0 Å². The molecule has 0 heterocycles. The van der Waals surface area contributed by atoms with Crippen LogP contribution < -0.4 is 0 Å². The van der Waals surface area contributed by atoms with Crippen LogP contribution in [0.4, 0.5) is 0 Å². The highest BCUT2D eigenvalue weighted by atomic mass is 79.9. The van der Waals surface area contributed by atoms with Crippen LogP contribution in [0, 0.1) is 6.92 Å². The Morgan fingerprint density at radius 3 is 2.67 bits per heavy atom. The average molecular weight is 314 g/mol. The van der Waals surface area contributed by atoms with Gasteiger partial charge < -0.3 is 10.0 Å². The van der Waals surface area contributed by atoms with Gasteiger partial charge in [0.05, 0.1) is 5.56 Å². The van der Waals surface area contributed by atoms with Crippen LogP contribution in [0.15, 0.2) is 22.7 Å². The van der Waals surface area contributed by atoms with Gasteiger partial charge in [0, 0.05) is 24.5 Å². The summed E-state index contributed by atoms with van der Waals surface area (Å²) in [6.07, 6.45) is 0.535. The number of hydrogen-bond acceptors (Lipinski definition) is 2. The molecule has 0 fully saturated rings. The Morgan fingerprint density at radius 1 is 1.39 bits per heavy atom. The highest BCUT2D eigenvalue weighted by Crippen LogP contribution is 2.22. The number of carbonyl (C=O) groups excluding carboxylic acids is 1. The minimum atomic E-state index is -0.840. The summed E-state index contributed by atoms with van der Waals surface area (Å²) in [5.41, 5.74) is 1.60. The van der Waals surface area contributed by atoms with E-state index in [2.05, 4.69) is 15.9 Å². The highest BCUT2D eigenvalue weighted by molar-refractivity contribution is 9.10. The van der Waals surface area contributed by atoms with Gasteiger partial charge in [0.2, 0.25) is 0 Å². The largest absolute Gasteiger partial charge is 0.481 e. The number of hydrogen-bond donors (Lipinski definition) is 1. The second kappa shape index (κ2) is 6.54. The van der Waals surface area contributed by atoms with Gasteiger partial charge in [-0.05, 0) is 40.9 Å². The van der Waals surface area contributed by atoms with E-state index in [0.29, 0.717) is 18.5 Å². The van der Waals surface area contributed by atoms with Gasteiger partial charge in [-0.2, -0.15) is 0 Å². The third kappa shape index (κ3) is 3.84. The van der Waals surface area contributed by atoms with Gasteiger partial charge in [0.1, 0.15) is 0 Å². The third-order valence-corrected chi connectivity index (χ3v) is 3.71. The van der Waals surface area contributed by atoms with Gasteiger partial charge in [0.15, 0.2) is 0 Å². The van der Waals surface area contributed by atoms with Crippen LogP contribution in [0.5, 0.6) is 0 Å². The minimum absolute atomic E-state index is 0.0760. The predicted octanol–water partition coefficient (Wildman–Crippen LogP) is 2.69. The second-order valence-corrected chi connectivity index (χ2v) is 4.95. The van der Waals surface area contributed by atoms with Crippen molar-refractivity contribution in [2.45, 2.75) is 19.8 Å². The van der Waals surface area contributed by atoms with E-state index in [1.165, 1.54) is 0 Å². The maximum atomic E-state index is 12.1. The average Bonchev–Trinajstić information content (AvgIpc) is 2.31. The molecule has 0 spiro atoms. The number of carboxylic acid groups (broad SMARTS) is 1. The van der Waals surface area contributed by atoms with Gasteiger partial charge in [-0.25, -0.2) is 0 Å². The van der Waals surface area contributed by atoms with Gasteiger partial charge in [-0.3, -0.25) is 9.59 Å². The number of nitrogens with zero attached hydrogens (tertiary/aromatic N) is 1. The molecule has 1 aromatic rings. The first-order valence-electron chi connectivity index (χ1n) is 5.66. The lowest BCUT2D eigenvalue weighted by atomic mass is 10.1. The summed E-state index contributed by atoms with van der Waals surface area (Å²) in [6.45, 7) is 2.36. The van der Waals surface area contributed by atoms with Crippen molar-refractivity contribution in [1.29, 1.82) is 0 Å². The summed E-state index contributed by atoms with van der Waals surface area (Å²) in [6, 6.07) is 5.51. The third-order valence-electron chi connectivity index (χ3n) is 2.65. The lowest BCUT2D eigenvalue weighted by Gasteiger charge is -2.18. The molecular weight excluding hydrogens is 298 g/mol. The molecule has 0 aromatic heterocycles. The molecule has 0 aliphatic heterocycles. The molecule has 0 aliphatic rings. The van der Waals surface area contributed by atoms with Crippen LogP contribution in [0.2, 0.25) is 0 Å². The summed E-state index contributed by atoms with van der Waals surface area (Å²) < 4.78 is 0.792. The molecule has 18 heavy (non-hydrogen) atoms. The van der Waals surface area contributed by atoms with Crippen LogP contribution >= 0.6 is 15.9 Å². The number of benzene rings is 1. The molecule has 0 bridgehead atoms. The van der Waals surface area contributed by atoms with Crippen molar-refractivity contribution in [2.24, 2.45) is 0 Å². The van der Waals surface area contributed by atoms with Crippen molar-refractivity contribution >= 4 is 27.8 Å². The van der Waals surface area contributed by atoms with Gasteiger partial charge in [-0.1, -0.05) is 12.1 Å². The van der Waals surface area contributed by atoms with E-state index in [1.807, 2.05) is 19.1 Å². The zero-order valence-corrected chi connectivity index (χ0v) is 12.0. The summed E-state index contributed by atoms with van der Waals surface area (Å²) in [4.78, 5) is 24.1. The Hall–Kier alpha value is -1.36. The minimum Gasteiger partial charge on any atom is -0.481 e. The van der Waals surface area contributed by atoms with Crippen LogP contribution in [-0.2, 0) is 4.79 Å². The fourth-order valence-electron chi connectivity index (χ4n) is 1.59. The SMILES string of the molecule is Cc1cccc(C(=O)N(C)CCCC(=O)O)c1Br. The van der Waals surface area contributed by atoms with Crippen LogP contribution in [0.25, 0.3) is 0 Å². The molecule has 1 amide bonds. The number of aryl methyl sites for hydroxylation is 1. The van der Waals surface area contributed by atoms with Crippen LogP contribution in [0.1, 0.15) is 28.8 Å². The molecule has 4 nitrogen and oxygen atoms in total. The van der Waals surface area contributed by atoms with Crippen molar-refractivity contribution in [1.82, 2.24) is 4.90 Å². The molecule has 1 N–H and O–H groups in total. The number of aliphatic carboxylic acids is 1. The molecule has 0 unspecified atom stereocenters. The van der Waals surface area contributed by atoms with E-state index in [-0.39, 0.29) is 12.3 Å². The Morgan fingerprint density at radius 2 is 2.06 bits per heavy atom. The Labute approximate surface area is 115 Å². The number of rotatable bonds is 5. The number of carbonyl (C=O) groups is 2. The fourth-order valence-corrected chi connectivity index (χ4v) is 2.02. The molecule has 0 saturated heterocycles. The summed E-state index contributed by atoms with van der Waals surface area (Å²) >= 11 is 3.40. The number of amides is 1. The first-order valence-corrected chi connectivity index (χ1v) is 6.45. The monoisotopic (exact) mass is 313 g/mol. The van der Waals surface area contributed by atoms with Crippen LogP contribution in [-0.4, -0.2) is 35.5 Å². The smallest absolute Gasteiger partial charge is 0.303 e. The topological polar surface area (TPSA) is 57.6 Å². The van der Waals surface area contributed by atoms with E-state index in [4.69, 9.17) is 5.11 Å². The van der Waals surface area contributed by atoms with Gasteiger partial charge in [-0.15, -0.1) is 0 Å². The van der Waals surface area contributed by atoms with Crippen LogP contribution in [0.3, 0.4) is 0 Å². The zero-order valence-electron chi connectivity index (χ0n) is 10.4. The molecule has 0 saturated carbocycles. The number of halogens is 1. The Kier molecular flexibility index (Phi) is 5.34. The molecule has 1 aromatic carbocycles. The Balaban J connectivity index is 2.69. The van der Waals surface area contributed by atoms with Gasteiger partial charge in [0.25, 0.3) is 5.91 Å². The molecule has 0 atom stereocenters. The van der Waals surface area contributed by atoms with E-state index < -0.39 is 5.97 Å². The summed E-state index contributed by atoms with van der Waals surface area (Å²) in [5, 5.41) is 8.55. The lowest BCUT2D eigenvalue weighted by Crippen LogP contribution is -2.28. The molecule has 98 valence electrons. The first kappa shape index (κ1) is 14.7. The maximum Gasteiger partial charge on any atom is 0.303 e. The van der Waals surface area contributed by atoms with Gasteiger partial charge >= 0.3 is 5.97 Å².